The summed E-state index contributed by atoms with van der Waals surface area (Å²) in [6, 6.07) is 13.9. The fraction of sp³-hybridized carbons (Fsp3) is 0.417. The summed E-state index contributed by atoms with van der Waals surface area (Å²) in [4.78, 5) is 31.4. The van der Waals surface area contributed by atoms with Gasteiger partial charge >= 0.3 is 0 Å². The summed E-state index contributed by atoms with van der Waals surface area (Å²) in [6.07, 6.45) is 1.35. The average Bonchev–Trinajstić information content (AvgIpc) is 2.84. The first-order valence-electron chi connectivity index (χ1n) is 10.8. The SMILES string of the molecule is COc1ccc(C(=O)N2CCC(C(=O)N3CCN(c4ccccc4F)CC3)CC2)cc1. The Morgan fingerprint density at radius 1 is 0.871 bits per heavy atom. The number of hydrogen-bond donors (Lipinski definition) is 0. The van der Waals surface area contributed by atoms with E-state index in [1.807, 2.05) is 20.8 Å². The Hall–Kier alpha value is -3.09. The number of carbonyl (C=O) groups excluding carboxylic acids is 2. The Bertz CT molecular complexity index is 918. The van der Waals surface area contributed by atoms with Gasteiger partial charge in [-0.05, 0) is 49.2 Å². The van der Waals surface area contributed by atoms with Gasteiger partial charge in [-0.25, -0.2) is 4.39 Å². The molecule has 0 aliphatic carbocycles. The molecule has 2 aliphatic heterocycles. The van der Waals surface area contributed by atoms with Crippen molar-refractivity contribution in [3.8, 4) is 5.75 Å². The van der Waals surface area contributed by atoms with Crippen molar-refractivity contribution in [1.82, 2.24) is 9.80 Å². The Kier molecular flexibility index (Phi) is 6.39. The first-order chi connectivity index (χ1) is 15.1. The topological polar surface area (TPSA) is 53.1 Å². The zero-order chi connectivity index (χ0) is 21.8. The van der Waals surface area contributed by atoms with Gasteiger partial charge in [0.2, 0.25) is 5.91 Å². The van der Waals surface area contributed by atoms with Gasteiger partial charge in [0, 0.05) is 50.7 Å². The molecule has 2 aromatic rings. The van der Waals surface area contributed by atoms with Crippen LogP contribution in [-0.2, 0) is 4.79 Å². The number of amides is 2. The lowest BCUT2D eigenvalue weighted by atomic mass is 9.94. The molecule has 7 heteroatoms. The fourth-order valence-corrected chi connectivity index (χ4v) is 4.38. The molecule has 2 amide bonds. The summed E-state index contributed by atoms with van der Waals surface area (Å²) in [5.74, 6) is 0.587. The van der Waals surface area contributed by atoms with Crippen LogP contribution in [0.5, 0.6) is 5.75 Å². The van der Waals surface area contributed by atoms with Crippen molar-refractivity contribution in [2.24, 2.45) is 5.92 Å². The lowest BCUT2D eigenvalue weighted by Crippen LogP contribution is -2.52. The molecule has 2 saturated heterocycles. The van der Waals surface area contributed by atoms with Crippen molar-refractivity contribution < 1.29 is 18.7 Å². The summed E-state index contributed by atoms with van der Waals surface area (Å²) in [7, 11) is 1.60. The Morgan fingerprint density at radius 2 is 1.52 bits per heavy atom. The predicted octanol–water partition coefficient (Wildman–Crippen LogP) is 3.04. The Labute approximate surface area is 182 Å². The van der Waals surface area contributed by atoms with Gasteiger partial charge in [0.05, 0.1) is 12.8 Å². The highest BCUT2D eigenvalue weighted by molar-refractivity contribution is 5.94. The average molecular weight is 426 g/mol. The van der Waals surface area contributed by atoms with Crippen molar-refractivity contribution in [2.75, 3.05) is 51.3 Å². The third-order valence-electron chi connectivity index (χ3n) is 6.25. The van der Waals surface area contributed by atoms with Crippen molar-refractivity contribution in [3.05, 3.63) is 59.9 Å². The number of nitrogens with zero attached hydrogens (tertiary/aromatic N) is 3. The zero-order valence-electron chi connectivity index (χ0n) is 17.8. The molecule has 164 valence electrons. The van der Waals surface area contributed by atoms with Gasteiger partial charge in [-0.15, -0.1) is 0 Å². The number of hydrogen-bond acceptors (Lipinski definition) is 4. The van der Waals surface area contributed by atoms with Crippen LogP contribution < -0.4 is 9.64 Å². The number of ether oxygens (including phenoxy) is 1. The normalized spacial score (nSPS) is 17.5. The van der Waals surface area contributed by atoms with E-state index in [-0.39, 0.29) is 23.5 Å². The maximum absolute atomic E-state index is 14.0. The monoisotopic (exact) mass is 425 g/mol. The van der Waals surface area contributed by atoms with E-state index in [1.54, 1.807) is 43.5 Å². The summed E-state index contributed by atoms with van der Waals surface area (Å²) in [5, 5.41) is 0. The van der Waals surface area contributed by atoms with Crippen LogP contribution in [0.15, 0.2) is 48.5 Å². The van der Waals surface area contributed by atoms with E-state index in [2.05, 4.69) is 0 Å². The number of carbonyl (C=O) groups is 2. The molecule has 0 radical (unpaired) electrons. The highest BCUT2D eigenvalue weighted by Crippen LogP contribution is 2.24. The molecule has 0 aromatic heterocycles. The second kappa shape index (κ2) is 9.37. The minimum absolute atomic E-state index is 0.00736. The number of likely N-dealkylation sites (tertiary alicyclic amines) is 1. The molecule has 2 aliphatic rings. The van der Waals surface area contributed by atoms with Crippen molar-refractivity contribution in [1.29, 1.82) is 0 Å². The molecule has 6 nitrogen and oxygen atoms in total. The van der Waals surface area contributed by atoms with Crippen LogP contribution in [0, 0.1) is 11.7 Å². The molecule has 31 heavy (non-hydrogen) atoms. The lowest BCUT2D eigenvalue weighted by Gasteiger charge is -2.39. The number of rotatable bonds is 4. The smallest absolute Gasteiger partial charge is 0.253 e. The first-order valence-corrected chi connectivity index (χ1v) is 10.8. The Balaban J connectivity index is 1.27. The van der Waals surface area contributed by atoms with E-state index < -0.39 is 0 Å². The molecule has 0 atom stereocenters. The number of halogens is 1. The van der Waals surface area contributed by atoms with Gasteiger partial charge in [0.1, 0.15) is 11.6 Å². The number of methoxy groups -OCH3 is 1. The molecule has 2 aromatic carbocycles. The van der Waals surface area contributed by atoms with Crippen LogP contribution >= 0.6 is 0 Å². The molecule has 2 fully saturated rings. The molecule has 0 unspecified atom stereocenters. The maximum Gasteiger partial charge on any atom is 0.253 e. The third kappa shape index (κ3) is 4.65. The van der Waals surface area contributed by atoms with E-state index in [9.17, 15) is 14.0 Å². The van der Waals surface area contributed by atoms with Crippen molar-refractivity contribution in [3.63, 3.8) is 0 Å². The second-order valence-electron chi connectivity index (χ2n) is 8.06. The maximum atomic E-state index is 14.0. The molecule has 4 rings (SSSR count). The van der Waals surface area contributed by atoms with Crippen molar-refractivity contribution >= 4 is 17.5 Å². The Morgan fingerprint density at radius 3 is 2.13 bits per heavy atom. The number of benzene rings is 2. The third-order valence-corrected chi connectivity index (χ3v) is 6.25. The number of piperazine rings is 1. The van der Waals surface area contributed by atoms with Gasteiger partial charge < -0.3 is 19.4 Å². The number of para-hydroxylation sites is 1. The van der Waals surface area contributed by atoms with Crippen molar-refractivity contribution in [2.45, 2.75) is 12.8 Å². The predicted molar refractivity (Wildman–Crippen MR) is 117 cm³/mol. The van der Waals surface area contributed by atoms with Crippen LogP contribution in [0.25, 0.3) is 0 Å². The van der Waals surface area contributed by atoms with E-state index in [1.165, 1.54) is 6.07 Å². The van der Waals surface area contributed by atoms with Crippen LogP contribution in [-0.4, -0.2) is 68.0 Å². The standard InChI is InChI=1S/C24H28FN3O3/c1-31-20-8-6-18(7-9-20)23(29)27-12-10-19(11-13-27)24(30)28-16-14-26(15-17-28)22-5-3-2-4-21(22)25/h2-9,19H,10-17H2,1H3. The van der Waals surface area contributed by atoms with E-state index in [4.69, 9.17) is 4.74 Å². The fourth-order valence-electron chi connectivity index (χ4n) is 4.38. The molecule has 0 N–H and O–H groups in total. The quantitative estimate of drug-likeness (QED) is 0.756. The van der Waals surface area contributed by atoms with Crippen LogP contribution in [0.2, 0.25) is 0 Å². The molecule has 0 saturated carbocycles. The van der Waals surface area contributed by atoms with Gasteiger partial charge in [-0.2, -0.15) is 0 Å². The van der Waals surface area contributed by atoms with E-state index in [0.29, 0.717) is 63.4 Å². The number of anilines is 1. The molecule has 2 heterocycles. The van der Waals surface area contributed by atoms with Gasteiger partial charge in [0.15, 0.2) is 0 Å². The number of piperidine rings is 1. The van der Waals surface area contributed by atoms with Gasteiger partial charge in [-0.3, -0.25) is 9.59 Å². The molecular weight excluding hydrogens is 397 g/mol. The second-order valence-corrected chi connectivity index (χ2v) is 8.06. The largest absolute Gasteiger partial charge is 0.497 e. The first kappa shape index (κ1) is 21.2. The molecule has 0 bridgehead atoms. The van der Waals surface area contributed by atoms with Crippen LogP contribution in [0.4, 0.5) is 10.1 Å². The van der Waals surface area contributed by atoms with Crippen LogP contribution in [0.3, 0.4) is 0 Å². The summed E-state index contributed by atoms with van der Waals surface area (Å²) in [6.45, 7) is 3.60. The molecular formula is C24H28FN3O3. The van der Waals surface area contributed by atoms with E-state index in [0.717, 1.165) is 5.75 Å². The van der Waals surface area contributed by atoms with Crippen LogP contribution in [0.1, 0.15) is 23.2 Å². The highest BCUT2D eigenvalue weighted by Gasteiger charge is 2.32. The molecule has 0 spiro atoms. The lowest BCUT2D eigenvalue weighted by molar-refractivity contribution is -0.137. The van der Waals surface area contributed by atoms with Gasteiger partial charge in [0.25, 0.3) is 5.91 Å². The van der Waals surface area contributed by atoms with Gasteiger partial charge in [-0.1, -0.05) is 12.1 Å². The minimum atomic E-state index is -0.226. The summed E-state index contributed by atoms with van der Waals surface area (Å²) >= 11 is 0. The summed E-state index contributed by atoms with van der Waals surface area (Å²) < 4.78 is 19.2. The van der Waals surface area contributed by atoms with E-state index >= 15 is 0 Å². The summed E-state index contributed by atoms with van der Waals surface area (Å²) in [5.41, 5.74) is 1.23. The zero-order valence-corrected chi connectivity index (χ0v) is 17.8. The minimum Gasteiger partial charge on any atom is -0.497 e. The highest BCUT2D eigenvalue weighted by atomic mass is 19.1.